The van der Waals surface area contributed by atoms with Crippen molar-refractivity contribution in [2.45, 2.75) is 39.7 Å². The highest BCUT2D eigenvalue weighted by molar-refractivity contribution is 5.91. The Morgan fingerprint density at radius 2 is 2.14 bits per heavy atom. The van der Waals surface area contributed by atoms with Gasteiger partial charge in [0.25, 0.3) is 0 Å². The number of benzene rings is 1. The molecule has 0 bridgehead atoms. The van der Waals surface area contributed by atoms with Crippen LogP contribution in [0.3, 0.4) is 0 Å². The molecule has 1 unspecified atom stereocenters. The molecule has 3 N–H and O–H groups in total. The topological polar surface area (TPSA) is 70.6 Å². The molecule has 1 atom stereocenters. The second kappa shape index (κ2) is 8.76. The number of amides is 1. The number of methoxy groups -OCH3 is 1. The van der Waals surface area contributed by atoms with Gasteiger partial charge in [-0.1, -0.05) is 19.9 Å². The molecule has 0 fully saturated rings. The van der Waals surface area contributed by atoms with Crippen LogP contribution in [0.25, 0.3) is 0 Å². The maximum atomic E-state index is 12.0. The van der Waals surface area contributed by atoms with Crippen molar-refractivity contribution in [1.29, 1.82) is 0 Å². The number of rotatable bonds is 9. The van der Waals surface area contributed by atoms with E-state index in [1.54, 1.807) is 13.2 Å². The Bertz CT molecular complexity index is 475. The number of aliphatic hydroxyl groups is 1. The maximum Gasteiger partial charge on any atom is 0.225 e. The lowest BCUT2D eigenvalue weighted by atomic mass is 9.89. The van der Waals surface area contributed by atoms with Gasteiger partial charge in [-0.15, -0.1) is 0 Å². The molecule has 22 heavy (non-hydrogen) atoms. The average molecular weight is 308 g/mol. The number of nitrogens with one attached hydrogen (secondary N) is 2. The van der Waals surface area contributed by atoms with E-state index in [4.69, 9.17) is 9.84 Å². The van der Waals surface area contributed by atoms with Crippen molar-refractivity contribution in [3.05, 3.63) is 24.3 Å². The van der Waals surface area contributed by atoms with E-state index in [0.717, 1.165) is 24.4 Å². The predicted octanol–water partition coefficient (Wildman–Crippen LogP) is 2.41. The van der Waals surface area contributed by atoms with Crippen LogP contribution in [0.1, 0.15) is 33.6 Å². The molecular weight excluding hydrogens is 280 g/mol. The fourth-order valence-electron chi connectivity index (χ4n) is 2.10. The minimum absolute atomic E-state index is 0.0201. The molecule has 0 aliphatic rings. The van der Waals surface area contributed by atoms with Gasteiger partial charge in [0.15, 0.2) is 0 Å². The van der Waals surface area contributed by atoms with E-state index in [9.17, 15) is 4.79 Å². The van der Waals surface area contributed by atoms with E-state index in [1.165, 1.54) is 0 Å². The highest BCUT2D eigenvalue weighted by atomic mass is 16.5. The van der Waals surface area contributed by atoms with Crippen LogP contribution in [0.4, 0.5) is 5.69 Å². The first-order valence-corrected chi connectivity index (χ1v) is 7.64. The summed E-state index contributed by atoms with van der Waals surface area (Å²) in [6.07, 6.45) is 1.13. The number of carbonyl (C=O) groups excluding carboxylic acids is 1. The van der Waals surface area contributed by atoms with Gasteiger partial charge in [-0.2, -0.15) is 0 Å². The van der Waals surface area contributed by atoms with Crippen LogP contribution in [0.2, 0.25) is 0 Å². The van der Waals surface area contributed by atoms with Crippen molar-refractivity contribution >= 4 is 11.6 Å². The van der Waals surface area contributed by atoms with E-state index < -0.39 is 0 Å². The van der Waals surface area contributed by atoms with E-state index in [0.29, 0.717) is 6.42 Å². The Morgan fingerprint density at radius 3 is 2.77 bits per heavy atom. The SMILES string of the molecule is COc1cccc(NC(=O)CC(C)NCC(C)(C)CCO)c1. The van der Waals surface area contributed by atoms with Gasteiger partial charge in [0.1, 0.15) is 5.75 Å². The minimum atomic E-state index is -0.0341. The summed E-state index contributed by atoms with van der Waals surface area (Å²) in [5, 5.41) is 15.2. The van der Waals surface area contributed by atoms with Gasteiger partial charge in [-0.3, -0.25) is 4.79 Å². The van der Waals surface area contributed by atoms with Crippen molar-refractivity contribution in [2.24, 2.45) is 5.41 Å². The lowest BCUT2D eigenvalue weighted by Crippen LogP contribution is -2.37. The van der Waals surface area contributed by atoms with Crippen molar-refractivity contribution in [3.8, 4) is 5.75 Å². The van der Waals surface area contributed by atoms with Gasteiger partial charge in [-0.25, -0.2) is 0 Å². The molecule has 0 aromatic heterocycles. The van der Waals surface area contributed by atoms with Crippen molar-refractivity contribution in [1.82, 2.24) is 5.32 Å². The zero-order chi connectivity index (χ0) is 16.6. The molecule has 0 spiro atoms. The monoisotopic (exact) mass is 308 g/mol. The fraction of sp³-hybridized carbons (Fsp3) is 0.588. The van der Waals surface area contributed by atoms with Gasteiger partial charge in [-0.05, 0) is 30.9 Å². The summed E-state index contributed by atoms with van der Waals surface area (Å²) in [6.45, 7) is 7.12. The Morgan fingerprint density at radius 1 is 1.41 bits per heavy atom. The van der Waals surface area contributed by atoms with Crippen LogP contribution in [0.15, 0.2) is 24.3 Å². The Labute approximate surface area is 133 Å². The predicted molar refractivity (Wildman–Crippen MR) is 89.2 cm³/mol. The van der Waals surface area contributed by atoms with Crippen LogP contribution in [0.5, 0.6) is 5.75 Å². The zero-order valence-electron chi connectivity index (χ0n) is 14.0. The van der Waals surface area contributed by atoms with Gasteiger partial charge in [0, 0.05) is 37.4 Å². The maximum absolute atomic E-state index is 12.0. The standard InChI is InChI=1S/C17H28N2O3/c1-13(18-12-17(2,3)8-9-20)10-16(21)19-14-6-5-7-15(11-14)22-4/h5-7,11,13,18,20H,8-10,12H2,1-4H3,(H,19,21). The van der Waals surface area contributed by atoms with Crippen LogP contribution < -0.4 is 15.4 Å². The second-order valence-electron chi connectivity index (χ2n) is 6.40. The largest absolute Gasteiger partial charge is 0.497 e. The first-order valence-electron chi connectivity index (χ1n) is 7.64. The highest BCUT2D eigenvalue weighted by Crippen LogP contribution is 2.19. The van der Waals surface area contributed by atoms with Gasteiger partial charge in [0.05, 0.1) is 7.11 Å². The quantitative estimate of drug-likeness (QED) is 0.655. The summed E-state index contributed by atoms with van der Waals surface area (Å²) in [5.41, 5.74) is 0.754. The third-order valence-electron chi connectivity index (χ3n) is 3.56. The lowest BCUT2D eigenvalue weighted by molar-refractivity contribution is -0.116. The van der Waals surface area contributed by atoms with E-state index in [2.05, 4.69) is 24.5 Å². The molecule has 0 aliphatic heterocycles. The molecule has 0 saturated heterocycles. The normalized spacial score (nSPS) is 12.8. The van der Waals surface area contributed by atoms with Crippen LogP contribution >= 0.6 is 0 Å². The number of carbonyl (C=O) groups is 1. The van der Waals surface area contributed by atoms with Crippen molar-refractivity contribution < 1.29 is 14.6 Å². The molecule has 0 radical (unpaired) electrons. The van der Waals surface area contributed by atoms with E-state index in [-0.39, 0.29) is 24.0 Å². The first-order chi connectivity index (χ1) is 10.4. The smallest absolute Gasteiger partial charge is 0.225 e. The lowest BCUT2D eigenvalue weighted by Gasteiger charge is -2.26. The number of hydrogen-bond acceptors (Lipinski definition) is 4. The third kappa shape index (κ3) is 6.91. The summed E-state index contributed by atoms with van der Waals surface area (Å²) in [4.78, 5) is 12.0. The zero-order valence-corrected chi connectivity index (χ0v) is 14.0. The van der Waals surface area contributed by atoms with Crippen molar-refractivity contribution in [3.63, 3.8) is 0 Å². The summed E-state index contributed by atoms with van der Waals surface area (Å²) in [6, 6.07) is 7.38. The second-order valence-corrected chi connectivity index (χ2v) is 6.40. The van der Waals surface area contributed by atoms with Crippen LogP contribution in [0, 0.1) is 5.41 Å². The van der Waals surface area contributed by atoms with E-state index >= 15 is 0 Å². The van der Waals surface area contributed by atoms with Gasteiger partial charge >= 0.3 is 0 Å². The van der Waals surface area contributed by atoms with Crippen LogP contribution in [-0.2, 0) is 4.79 Å². The highest BCUT2D eigenvalue weighted by Gasteiger charge is 2.18. The molecule has 0 aliphatic carbocycles. The average Bonchev–Trinajstić information content (AvgIpc) is 2.45. The molecule has 124 valence electrons. The Kier molecular flexibility index (Phi) is 7.35. The molecular formula is C17H28N2O3. The summed E-state index contributed by atoms with van der Waals surface area (Å²) >= 11 is 0. The summed E-state index contributed by atoms with van der Waals surface area (Å²) in [7, 11) is 1.60. The molecule has 0 heterocycles. The molecule has 1 aromatic rings. The number of hydrogen-bond donors (Lipinski definition) is 3. The number of ether oxygens (including phenoxy) is 1. The first kappa shape index (κ1) is 18.5. The molecule has 5 heteroatoms. The number of aliphatic hydroxyl groups excluding tert-OH is 1. The van der Waals surface area contributed by atoms with Gasteiger partial charge in [0.2, 0.25) is 5.91 Å². The molecule has 0 saturated carbocycles. The Hall–Kier alpha value is -1.59. The minimum Gasteiger partial charge on any atom is -0.497 e. The number of anilines is 1. The van der Waals surface area contributed by atoms with Crippen molar-refractivity contribution in [2.75, 3.05) is 25.6 Å². The van der Waals surface area contributed by atoms with Crippen LogP contribution in [-0.4, -0.2) is 37.3 Å². The molecule has 1 amide bonds. The summed E-state index contributed by atoms with van der Waals surface area (Å²) < 4.78 is 5.13. The molecule has 1 rings (SSSR count). The fourth-order valence-corrected chi connectivity index (χ4v) is 2.10. The molecule has 1 aromatic carbocycles. The summed E-state index contributed by atoms with van der Waals surface area (Å²) in [5.74, 6) is 0.683. The third-order valence-corrected chi connectivity index (χ3v) is 3.56. The van der Waals surface area contributed by atoms with Gasteiger partial charge < -0.3 is 20.5 Å². The molecule has 5 nitrogen and oxygen atoms in total. The Balaban J connectivity index is 2.40. The van der Waals surface area contributed by atoms with E-state index in [1.807, 2.05) is 25.1 Å².